The third kappa shape index (κ3) is 3.88. The number of hydrogen-bond donors (Lipinski definition) is 0. The van der Waals surface area contributed by atoms with E-state index in [1.165, 1.54) is 11.2 Å². The molecule has 2 atom stereocenters. The zero-order valence-electron chi connectivity index (χ0n) is 14.9. The molecule has 25 heavy (non-hydrogen) atoms. The van der Waals surface area contributed by atoms with Crippen molar-refractivity contribution in [3.63, 3.8) is 0 Å². The molecule has 138 valence electrons. The summed E-state index contributed by atoms with van der Waals surface area (Å²) in [5.41, 5.74) is -0.259. The van der Waals surface area contributed by atoms with E-state index in [0.29, 0.717) is 25.5 Å². The molecule has 2 aliphatic heterocycles. The number of carbonyl (C=O) groups is 2. The van der Waals surface area contributed by atoms with Crippen molar-refractivity contribution in [1.82, 2.24) is 9.80 Å². The Labute approximate surface area is 147 Å². The SMILES string of the molecule is CN(C)C(=O)COC[C@]12CCCO[C@H]1CCN(C(=O)c1ccco1)C2. The molecule has 1 aromatic heterocycles. The van der Waals surface area contributed by atoms with E-state index < -0.39 is 0 Å². The summed E-state index contributed by atoms with van der Waals surface area (Å²) in [5.74, 6) is 0.191. The molecule has 7 heteroatoms. The summed E-state index contributed by atoms with van der Waals surface area (Å²) in [4.78, 5) is 27.7. The van der Waals surface area contributed by atoms with Crippen molar-refractivity contribution < 1.29 is 23.5 Å². The molecule has 1 aromatic rings. The van der Waals surface area contributed by atoms with E-state index in [0.717, 1.165) is 25.9 Å². The molecule has 0 N–H and O–H groups in total. The second-order valence-corrected chi connectivity index (χ2v) is 7.10. The van der Waals surface area contributed by atoms with Gasteiger partial charge in [-0.25, -0.2) is 0 Å². The fourth-order valence-corrected chi connectivity index (χ4v) is 3.70. The number of rotatable bonds is 5. The molecular weight excluding hydrogens is 324 g/mol. The summed E-state index contributed by atoms with van der Waals surface area (Å²) in [6.07, 6.45) is 4.21. The third-order valence-electron chi connectivity index (χ3n) is 5.12. The zero-order valence-corrected chi connectivity index (χ0v) is 14.9. The molecule has 2 amide bonds. The van der Waals surface area contributed by atoms with E-state index in [9.17, 15) is 9.59 Å². The van der Waals surface area contributed by atoms with Crippen LogP contribution in [-0.2, 0) is 14.3 Å². The van der Waals surface area contributed by atoms with Crippen LogP contribution in [-0.4, -0.2) is 74.7 Å². The zero-order chi connectivity index (χ0) is 17.9. The van der Waals surface area contributed by atoms with Crippen LogP contribution in [0.4, 0.5) is 0 Å². The Morgan fingerprint density at radius 1 is 1.44 bits per heavy atom. The van der Waals surface area contributed by atoms with Gasteiger partial charge in [0.25, 0.3) is 5.91 Å². The highest BCUT2D eigenvalue weighted by atomic mass is 16.5. The Morgan fingerprint density at radius 3 is 3.00 bits per heavy atom. The lowest BCUT2D eigenvalue weighted by Crippen LogP contribution is -2.58. The van der Waals surface area contributed by atoms with Gasteiger partial charge in [-0.1, -0.05) is 0 Å². The maximum absolute atomic E-state index is 12.6. The molecule has 3 heterocycles. The van der Waals surface area contributed by atoms with Crippen LogP contribution in [0.15, 0.2) is 22.8 Å². The van der Waals surface area contributed by atoms with Crippen molar-refractivity contribution in [2.24, 2.45) is 5.41 Å². The summed E-state index contributed by atoms with van der Waals surface area (Å²) in [7, 11) is 3.42. The Bertz CT molecular complexity index is 601. The van der Waals surface area contributed by atoms with E-state index in [-0.39, 0.29) is 29.9 Å². The normalized spacial score (nSPS) is 26.2. The Hall–Kier alpha value is -1.86. The average molecular weight is 350 g/mol. The summed E-state index contributed by atoms with van der Waals surface area (Å²) >= 11 is 0. The van der Waals surface area contributed by atoms with Gasteiger partial charge in [0.05, 0.1) is 19.0 Å². The first-order valence-corrected chi connectivity index (χ1v) is 8.74. The first-order chi connectivity index (χ1) is 12.0. The standard InChI is InChI=1S/C18H26N2O5/c1-19(2)16(21)11-23-13-18-7-4-10-25-15(18)6-8-20(12-18)17(22)14-5-3-9-24-14/h3,5,9,15H,4,6-8,10-13H2,1-2H3/t15-,18+/m0/s1. The van der Waals surface area contributed by atoms with Gasteiger partial charge in [0.1, 0.15) is 6.61 Å². The first kappa shape index (κ1) is 17.9. The molecule has 0 aromatic carbocycles. The van der Waals surface area contributed by atoms with Crippen molar-refractivity contribution in [3.05, 3.63) is 24.2 Å². The number of ether oxygens (including phenoxy) is 2. The highest BCUT2D eigenvalue weighted by molar-refractivity contribution is 5.91. The third-order valence-corrected chi connectivity index (χ3v) is 5.12. The van der Waals surface area contributed by atoms with Gasteiger partial charge < -0.3 is 23.7 Å². The highest BCUT2D eigenvalue weighted by Crippen LogP contribution is 2.40. The molecule has 2 aliphatic rings. The molecule has 2 fully saturated rings. The van der Waals surface area contributed by atoms with Crippen LogP contribution < -0.4 is 0 Å². The van der Waals surface area contributed by atoms with Gasteiger partial charge in [0.2, 0.25) is 5.91 Å². The van der Waals surface area contributed by atoms with E-state index in [1.807, 2.05) is 4.90 Å². The number of nitrogens with zero attached hydrogens (tertiary/aromatic N) is 2. The second-order valence-electron chi connectivity index (χ2n) is 7.10. The quantitative estimate of drug-likeness (QED) is 0.803. The van der Waals surface area contributed by atoms with Crippen LogP contribution in [0.5, 0.6) is 0 Å². The number of likely N-dealkylation sites (tertiary alicyclic amines) is 1. The van der Waals surface area contributed by atoms with Crippen molar-refractivity contribution in [1.29, 1.82) is 0 Å². The smallest absolute Gasteiger partial charge is 0.289 e. The molecule has 0 spiro atoms. The largest absolute Gasteiger partial charge is 0.459 e. The fraction of sp³-hybridized carbons (Fsp3) is 0.667. The number of furan rings is 1. The summed E-state index contributed by atoms with van der Waals surface area (Å²) in [6, 6.07) is 3.40. The average Bonchev–Trinajstić information content (AvgIpc) is 3.15. The van der Waals surface area contributed by atoms with Gasteiger partial charge in [-0.3, -0.25) is 9.59 Å². The van der Waals surface area contributed by atoms with Crippen LogP contribution in [0.25, 0.3) is 0 Å². The Balaban J connectivity index is 1.68. The molecule has 0 aliphatic carbocycles. The maximum Gasteiger partial charge on any atom is 0.289 e. The van der Waals surface area contributed by atoms with Crippen molar-refractivity contribution in [2.45, 2.75) is 25.4 Å². The number of fused-ring (bicyclic) bond motifs is 1. The molecular formula is C18H26N2O5. The molecule has 0 radical (unpaired) electrons. The van der Waals surface area contributed by atoms with Gasteiger partial charge in [0.15, 0.2) is 5.76 Å². The predicted molar refractivity (Wildman–Crippen MR) is 90.1 cm³/mol. The van der Waals surface area contributed by atoms with Crippen LogP contribution in [0.1, 0.15) is 29.8 Å². The van der Waals surface area contributed by atoms with E-state index in [1.54, 1.807) is 26.2 Å². The lowest BCUT2D eigenvalue weighted by molar-refractivity contribution is -0.155. The van der Waals surface area contributed by atoms with Crippen LogP contribution in [0.2, 0.25) is 0 Å². The van der Waals surface area contributed by atoms with Crippen molar-refractivity contribution in [2.75, 3.05) is 47.0 Å². The minimum Gasteiger partial charge on any atom is -0.459 e. The minimum atomic E-state index is -0.259. The predicted octanol–water partition coefficient (Wildman–Crippen LogP) is 1.40. The van der Waals surface area contributed by atoms with Crippen LogP contribution in [0, 0.1) is 5.41 Å². The van der Waals surface area contributed by atoms with Gasteiger partial charge in [-0.2, -0.15) is 0 Å². The Kier molecular flexibility index (Phi) is 5.44. The summed E-state index contributed by atoms with van der Waals surface area (Å²) in [5, 5.41) is 0. The van der Waals surface area contributed by atoms with E-state index in [2.05, 4.69) is 0 Å². The Morgan fingerprint density at radius 2 is 2.28 bits per heavy atom. The number of piperidine rings is 1. The van der Waals surface area contributed by atoms with Crippen molar-refractivity contribution >= 4 is 11.8 Å². The van der Waals surface area contributed by atoms with E-state index in [4.69, 9.17) is 13.9 Å². The van der Waals surface area contributed by atoms with Gasteiger partial charge >= 0.3 is 0 Å². The molecule has 0 unspecified atom stereocenters. The van der Waals surface area contributed by atoms with Crippen LogP contribution in [0.3, 0.4) is 0 Å². The van der Waals surface area contributed by atoms with E-state index >= 15 is 0 Å². The maximum atomic E-state index is 12.6. The molecule has 2 saturated heterocycles. The minimum absolute atomic E-state index is 0.0492. The number of carbonyl (C=O) groups excluding carboxylic acids is 2. The van der Waals surface area contributed by atoms with Gasteiger partial charge in [-0.15, -0.1) is 0 Å². The van der Waals surface area contributed by atoms with Crippen molar-refractivity contribution in [3.8, 4) is 0 Å². The molecule has 3 rings (SSSR count). The number of amides is 2. The monoisotopic (exact) mass is 350 g/mol. The highest BCUT2D eigenvalue weighted by Gasteiger charge is 2.47. The molecule has 7 nitrogen and oxygen atoms in total. The second kappa shape index (κ2) is 7.58. The topological polar surface area (TPSA) is 72.2 Å². The van der Waals surface area contributed by atoms with Crippen LogP contribution >= 0.6 is 0 Å². The van der Waals surface area contributed by atoms with Gasteiger partial charge in [0, 0.05) is 39.2 Å². The lowest BCUT2D eigenvalue weighted by Gasteiger charge is -2.50. The van der Waals surface area contributed by atoms with Gasteiger partial charge in [-0.05, 0) is 31.4 Å². The number of hydrogen-bond acceptors (Lipinski definition) is 5. The summed E-state index contributed by atoms with van der Waals surface area (Å²) < 4.78 is 17.0. The molecule has 0 saturated carbocycles. The fourth-order valence-electron chi connectivity index (χ4n) is 3.70. The lowest BCUT2D eigenvalue weighted by atomic mass is 9.73. The number of likely N-dealkylation sites (N-methyl/N-ethyl adjacent to an activating group) is 1. The molecule has 0 bridgehead atoms. The first-order valence-electron chi connectivity index (χ1n) is 8.74. The summed E-state index contributed by atoms with van der Waals surface area (Å²) in [6.45, 7) is 2.41.